The number of hydrogen-bond donors (Lipinski definition) is 1. The van der Waals surface area contributed by atoms with Crippen molar-refractivity contribution in [1.82, 2.24) is 10.3 Å². The Hall–Kier alpha value is -1.58. The van der Waals surface area contributed by atoms with Gasteiger partial charge in [-0.05, 0) is 26.0 Å². The molecule has 0 radical (unpaired) electrons. The van der Waals surface area contributed by atoms with E-state index in [1.165, 1.54) is 0 Å². The van der Waals surface area contributed by atoms with E-state index in [4.69, 9.17) is 4.74 Å². The summed E-state index contributed by atoms with van der Waals surface area (Å²) in [5.41, 5.74) is 0. The van der Waals surface area contributed by atoms with Crippen molar-refractivity contribution in [2.24, 2.45) is 0 Å². The van der Waals surface area contributed by atoms with Crippen molar-refractivity contribution in [3.05, 3.63) is 24.5 Å². The molecule has 14 heavy (non-hydrogen) atoms. The molecule has 0 unspecified atom stereocenters. The molecule has 1 aromatic rings. The smallest absolute Gasteiger partial charge is 0.258 e. The topological polar surface area (TPSA) is 51.2 Å². The molecule has 76 valence electrons. The first-order valence-electron chi connectivity index (χ1n) is 4.50. The van der Waals surface area contributed by atoms with E-state index in [2.05, 4.69) is 10.3 Å². The fourth-order valence-electron chi connectivity index (χ4n) is 0.945. The van der Waals surface area contributed by atoms with Crippen molar-refractivity contribution in [3.63, 3.8) is 0 Å². The zero-order valence-corrected chi connectivity index (χ0v) is 8.36. The molecule has 1 N–H and O–H groups in total. The maximum absolute atomic E-state index is 11.2. The van der Waals surface area contributed by atoms with Crippen LogP contribution in [0.25, 0.3) is 0 Å². The molecular weight excluding hydrogens is 180 g/mol. The van der Waals surface area contributed by atoms with Gasteiger partial charge in [-0.2, -0.15) is 0 Å². The van der Waals surface area contributed by atoms with Crippen LogP contribution >= 0.6 is 0 Å². The van der Waals surface area contributed by atoms with Crippen LogP contribution in [0, 0.1) is 0 Å². The minimum absolute atomic E-state index is 0.0316. The van der Waals surface area contributed by atoms with Crippen LogP contribution in [0.2, 0.25) is 0 Å². The Morgan fingerprint density at radius 2 is 2.43 bits per heavy atom. The first kappa shape index (κ1) is 10.5. The van der Waals surface area contributed by atoms with Crippen molar-refractivity contribution in [2.75, 3.05) is 6.61 Å². The summed E-state index contributed by atoms with van der Waals surface area (Å²) in [5.74, 6) is 0.482. The summed E-state index contributed by atoms with van der Waals surface area (Å²) < 4.78 is 5.19. The molecule has 4 heteroatoms. The Kier molecular flexibility index (Phi) is 3.91. The van der Waals surface area contributed by atoms with Gasteiger partial charge in [-0.15, -0.1) is 0 Å². The molecule has 4 nitrogen and oxygen atoms in total. The van der Waals surface area contributed by atoms with Crippen LogP contribution in [0.3, 0.4) is 0 Å². The lowest BCUT2D eigenvalue weighted by Gasteiger charge is -2.08. The number of nitrogens with zero attached hydrogens (tertiary/aromatic N) is 1. The summed E-state index contributed by atoms with van der Waals surface area (Å²) in [6.07, 6.45) is 3.23. The van der Waals surface area contributed by atoms with Crippen molar-refractivity contribution >= 4 is 5.91 Å². The van der Waals surface area contributed by atoms with Crippen LogP contribution in [0.15, 0.2) is 24.5 Å². The molecule has 0 atom stereocenters. The van der Waals surface area contributed by atoms with Crippen molar-refractivity contribution in [2.45, 2.75) is 19.9 Å². The number of aromatic nitrogens is 1. The van der Waals surface area contributed by atoms with Crippen molar-refractivity contribution in [1.29, 1.82) is 0 Å². The standard InChI is InChI=1S/C10H14N2O2/c1-8(2)12-10(13)7-14-9-4-3-5-11-6-9/h3-6,8H,7H2,1-2H3,(H,12,13). The van der Waals surface area contributed by atoms with E-state index in [1.54, 1.807) is 24.5 Å². The lowest BCUT2D eigenvalue weighted by molar-refractivity contribution is -0.123. The molecule has 0 aliphatic carbocycles. The molecule has 0 saturated heterocycles. The highest BCUT2D eigenvalue weighted by Gasteiger charge is 2.03. The van der Waals surface area contributed by atoms with Crippen molar-refractivity contribution in [3.8, 4) is 5.75 Å². The number of nitrogens with one attached hydrogen (secondary N) is 1. The number of amides is 1. The van der Waals surface area contributed by atoms with Crippen LogP contribution in [0.4, 0.5) is 0 Å². The summed E-state index contributed by atoms with van der Waals surface area (Å²) in [4.78, 5) is 15.0. The molecule has 1 amide bonds. The van der Waals surface area contributed by atoms with E-state index in [0.29, 0.717) is 5.75 Å². The Morgan fingerprint density at radius 3 is 3.00 bits per heavy atom. The number of carbonyl (C=O) groups excluding carboxylic acids is 1. The zero-order valence-electron chi connectivity index (χ0n) is 8.36. The fourth-order valence-corrected chi connectivity index (χ4v) is 0.945. The Bertz CT molecular complexity index is 285. The molecule has 0 bridgehead atoms. The average Bonchev–Trinajstić information content (AvgIpc) is 2.15. The minimum Gasteiger partial charge on any atom is -0.482 e. The SMILES string of the molecule is CC(C)NC(=O)COc1cccnc1. The molecule has 0 aliphatic rings. The highest BCUT2D eigenvalue weighted by molar-refractivity contribution is 5.77. The Morgan fingerprint density at radius 1 is 1.64 bits per heavy atom. The van der Waals surface area contributed by atoms with Crippen LogP contribution in [-0.2, 0) is 4.79 Å². The summed E-state index contributed by atoms with van der Waals surface area (Å²) in [5, 5.41) is 2.73. The number of pyridine rings is 1. The predicted octanol–water partition coefficient (Wildman–Crippen LogP) is 0.985. The molecule has 0 aliphatic heterocycles. The lowest BCUT2D eigenvalue weighted by atomic mass is 10.4. The first-order chi connectivity index (χ1) is 6.68. The van der Waals surface area contributed by atoms with Gasteiger partial charge >= 0.3 is 0 Å². The fraction of sp³-hybridized carbons (Fsp3) is 0.400. The number of ether oxygens (including phenoxy) is 1. The highest BCUT2D eigenvalue weighted by Crippen LogP contribution is 2.05. The van der Waals surface area contributed by atoms with Crippen LogP contribution in [0.1, 0.15) is 13.8 Å². The second kappa shape index (κ2) is 5.21. The quantitative estimate of drug-likeness (QED) is 0.777. The third-order valence-corrected chi connectivity index (χ3v) is 1.45. The number of hydrogen-bond acceptors (Lipinski definition) is 3. The monoisotopic (exact) mass is 194 g/mol. The lowest BCUT2D eigenvalue weighted by Crippen LogP contribution is -2.34. The third kappa shape index (κ3) is 3.89. The van der Waals surface area contributed by atoms with E-state index >= 15 is 0 Å². The molecule has 0 saturated carbocycles. The molecule has 0 spiro atoms. The summed E-state index contributed by atoms with van der Waals surface area (Å²) in [6, 6.07) is 3.66. The Labute approximate surface area is 83.3 Å². The normalized spacial score (nSPS) is 9.93. The predicted molar refractivity (Wildman–Crippen MR) is 53.0 cm³/mol. The van der Waals surface area contributed by atoms with Gasteiger partial charge in [0.1, 0.15) is 5.75 Å². The van der Waals surface area contributed by atoms with E-state index in [1.807, 2.05) is 13.8 Å². The van der Waals surface area contributed by atoms with Crippen LogP contribution in [-0.4, -0.2) is 23.5 Å². The van der Waals surface area contributed by atoms with E-state index in [0.717, 1.165) is 0 Å². The van der Waals surface area contributed by atoms with Gasteiger partial charge in [0.25, 0.3) is 5.91 Å². The first-order valence-corrected chi connectivity index (χ1v) is 4.50. The van der Waals surface area contributed by atoms with Crippen LogP contribution in [0.5, 0.6) is 5.75 Å². The third-order valence-electron chi connectivity index (χ3n) is 1.45. The van der Waals surface area contributed by atoms with Gasteiger partial charge in [0.2, 0.25) is 0 Å². The molecular formula is C10H14N2O2. The van der Waals surface area contributed by atoms with E-state index in [-0.39, 0.29) is 18.6 Å². The average molecular weight is 194 g/mol. The van der Waals surface area contributed by atoms with Gasteiger partial charge in [-0.25, -0.2) is 0 Å². The van der Waals surface area contributed by atoms with Gasteiger partial charge in [-0.1, -0.05) is 0 Å². The summed E-state index contributed by atoms with van der Waals surface area (Å²) >= 11 is 0. The van der Waals surface area contributed by atoms with Crippen LogP contribution < -0.4 is 10.1 Å². The molecule has 1 aromatic heterocycles. The maximum atomic E-state index is 11.2. The van der Waals surface area contributed by atoms with Gasteiger partial charge in [0.15, 0.2) is 6.61 Å². The molecule has 1 heterocycles. The number of rotatable bonds is 4. The minimum atomic E-state index is -0.121. The largest absolute Gasteiger partial charge is 0.482 e. The molecule has 1 rings (SSSR count). The van der Waals surface area contributed by atoms with Gasteiger partial charge in [0, 0.05) is 12.2 Å². The van der Waals surface area contributed by atoms with Crippen molar-refractivity contribution < 1.29 is 9.53 Å². The molecule has 0 aromatic carbocycles. The zero-order chi connectivity index (χ0) is 10.4. The summed E-state index contributed by atoms with van der Waals surface area (Å²) in [6.45, 7) is 3.84. The van der Waals surface area contributed by atoms with E-state index in [9.17, 15) is 4.79 Å². The number of carbonyl (C=O) groups is 1. The van der Waals surface area contributed by atoms with Gasteiger partial charge in [0.05, 0.1) is 6.20 Å². The summed E-state index contributed by atoms with van der Waals surface area (Å²) in [7, 11) is 0. The van der Waals surface area contributed by atoms with E-state index < -0.39 is 0 Å². The second-order valence-corrected chi connectivity index (χ2v) is 3.20. The Balaban J connectivity index is 2.31. The second-order valence-electron chi connectivity index (χ2n) is 3.20. The van der Waals surface area contributed by atoms with Gasteiger partial charge < -0.3 is 10.1 Å². The molecule has 0 fully saturated rings. The maximum Gasteiger partial charge on any atom is 0.258 e. The highest BCUT2D eigenvalue weighted by atomic mass is 16.5. The van der Waals surface area contributed by atoms with Gasteiger partial charge in [-0.3, -0.25) is 9.78 Å².